The van der Waals surface area contributed by atoms with E-state index < -0.39 is 29.0 Å². The molecule has 0 bridgehead atoms. The predicted octanol–water partition coefficient (Wildman–Crippen LogP) is 4.29. The van der Waals surface area contributed by atoms with Crippen molar-refractivity contribution >= 4 is 11.6 Å². The van der Waals surface area contributed by atoms with Gasteiger partial charge < -0.3 is 10.2 Å². The first-order chi connectivity index (χ1) is 13.8. The third-order valence-electron chi connectivity index (χ3n) is 4.28. The van der Waals surface area contributed by atoms with Crippen LogP contribution >= 0.6 is 0 Å². The number of hydrogen-bond donors (Lipinski definition) is 1. The van der Waals surface area contributed by atoms with Crippen molar-refractivity contribution < 1.29 is 22.4 Å². The summed E-state index contributed by atoms with van der Waals surface area (Å²) in [5, 5.41) is 11.9. The molecular weight excluding hydrogens is 386 g/mol. The third kappa shape index (κ3) is 6.29. The summed E-state index contributed by atoms with van der Waals surface area (Å²) in [5.41, 5.74) is -0.785. The highest BCUT2D eigenvalue weighted by molar-refractivity contribution is 5.95. The van der Waals surface area contributed by atoms with Crippen LogP contribution in [0.15, 0.2) is 42.5 Å². The van der Waals surface area contributed by atoms with Crippen LogP contribution in [0.3, 0.4) is 0 Å². The number of benzene rings is 2. The monoisotopic (exact) mass is 407 g/mol. The number of nitrogens with zero attached hydrogens (tertiary/aromatic N) is 2. The summed E-state index contributed by atoms with van der Waals surface area (Å²) in [4.78, 5) is 13.9. The van der Waals surface area contributed by atoms with Gasteiger partial charge in [-0.05, 0) is 55.3 Å². The molecule has 0 saturated carbocycles. The van der Waals surface area contributed by atoms with Crippen LogP contribution in [-0.2, 0) is 17.4 Å². The fourth-order valence-electron chi connectivity index (χ4n) is 2.79. The standard InChI is InChI=1S/C21H21F4N3O/c1-2-10-27-14-20(29)28(11-9-15-3-6-17(22)7-4-15)18-8-5-16(13-26)19(12-18)21(23,24)25/h3-8,12,27H,2,9-11,14H2,1H3. The van der Waals surface area contributed by atoms with E-state index in [-0.39, 0.29) is 18.8 Å². The minimum Gasteiger partial charge on any atom is -0.311 e. The van der Waals surface area contributed by atoms with Gasteiger partial charge in [0.1, 0.15) is 5.82 Å². The number of rotatable bonds is 8. The number of carbonyl (C=O) groups excluding carboxylic acids is 1. The molecular formula is C21H21F4N3O. The second-order valence-electron chi connectivity index (χ2n) is 6.44. The molecule has 0 atom stereocenters. The Labute approximate surface area is 166 Å². The van der Waals surface area contributed by atoms with E-state index in [1.165, 1.54) is 29.2 Å². The molecule has 0 fully saturated rings. The van der Waals surface area contributed by atoms with Gasteiger partial charge in [-0.3, -0.25) is 4.79 Å². The van der Waals surface area contributed by atoms with Crippen molar-refractivity contribution in [1.29, 1.82) is 5.26 Å². The first-order valence-corrected chi connectivity index (χ1v) is 9.13. The van der Waals surface area contributed by atoms with E-state index in [4.69, 9.17) is 5.26 Å². The van der Waals surface area contributed by atoms with E-state index in [0.29, 0.717) is 13.0 Å². The van der Waals surface area contributed by atoms with Crippen LogP contribution in [0.25, 0.3) is 0 Å². The molecule has 0 aliphatic carbocycles. The van der Waals surface area contributed by atoms with Crippen molar-refractivity contribution in [2.75, 3.05) is 24.5 Å². The fraction of sp³-hybridized carbons (Fsp3) is 0.333. The second kappa shape index (κ2) is 10.0. The van der Waals surface area contributed by atoms with Gasteiger partial charge in [0.2, 0.25) is 5.91 Å². The Hall–Kier alpha value is -2.92. The molecule has 1 amide bonds. The zero-order valence-electron chi connectivity index (χ0n) is 15.9. The molecule has 0 heterocycles. The number of anilines is 1. The minimum atomic E-state index is -4.72. The highest BCUT2D eigenvalue weighted by Gasteiger charge is 2.34. The molecule has 8 heteroatoms. The Morgan fingerprint density at radius 1 is 1.17 bits per heavy atom. The van der Waals surface area contributed by atoms with Gasteiger partial charge in [-0.2, -0.15) is 18.4 Å². The van der Waals surface area contributed by atoms with Gasteiger partial charge in [0.05, 0.1) is 23.7 Å². The van der Waals surface area contributed by atoms with E-state index in [1.54, 1.807) is 12.1 Å². The molecule has 0 radical (unpaired) electrons. The van der Waals surface area contributed by atoms with Crippen LogP contribution < -0.4 is 10.2 Å². The second-order valence-corrected chi connectivity index (χ2v) is 6.44. The number of hydrogen-bond acceptors (Lipinski definition) is 3. The van der Waals surface area contributed by atoms with E-state index in [9.17, 15) is 22.4 Å². The number of halogens is 4. The molecule has 154 valence electrons. The van der Waals surface area contributed by atoms with Gasteiger partial charge in [-0.1, -0.05) is 19.1 Å². The number of amides is 1. The highest BCUT2D eigenvalue weighted by atomic mass is 19.4. The van der Waals surface area contributed by atoms with Crippen molar-refractivity contribution in [2.24, 2.45) is 0 Å². The topological polar surface area (TPSA) is 56.1 Å². The molecule has 2 aromatic carbocycles. The highest BCUT2D eigenvalue weighted by Crippen LogP contribution is 2.34. The SMILES string of the molecule is CCCNCC(=O)N(CCc1ccc(F)cc1)c1ccc(C#N)c(C(F)(F)F)c1. The zero-order chi connectivity index (χ0) is 21.4. The Kier molecular flexibility index (Phi) is 7.74. The van der Waals surface area contributed by atoms with Crippen LogP contribution in [0.1, 0.15) is 30.0 Å². The lowest BCUT2D eigenvalue weighted by Gasteiger charge is -2.24. The molecule has 0 unspecified atom stereocenters. The molecule has 1 N–H and O–H groups in total. The fourth-order valence-corrected chi connectivity index (χ4v) is 2.79. The summed E-state index contributed by atoms with van der Waals surface area (Å²) < 4.78 is 53.0. The van der Waals surface area contributed by atoms with Crippen LogP contribution in [0.4, 0.5) is 23.2 Å². The summed E-state index contributed by atoms with van der Waals surface area (Å²) >= 11 is 0. The lowest BCUT2D eigenvalue weighted by atomic mass is 10.1. The molecule has 2 aromatic rings. The van der Waals surface area contributed by atoms with Gasteiger partial charge in [-0.15, -0.1) is 0 Å². The van der Waals surface area contributed by atoms with Crippen LogP contribution in [0.2, 0.25) is 0 Å². The molecule has 0 aliphatic rings. The Morgan fingerprint density at radius 2 is 1.86 bits per heavy atom. The van der Waals surface area contributed by atoms with E-state index in [1.807, 2.05) is 6.92 Å². The smallest absolute Gasteiger partial charge is 0.311 e. The summed E-state index contributed by atoms with van der Waals surface area (Å²) in [6, 6.07) is 10.4. The summed E-state index contributed by atoms with van der Waals surface area (Å²) in [6.07, 6.45) is -3.58. The average molecular weight is 407 g/mol. The molecule has 0 aromatic heterocycles. The molecule has 0 aliphatic heterocycles. The average Bonchev–Trinajstić information content (AvgIpc) is 2.69. The molecule has 29 heavy (non-hydrogen) atoms. The van der Waals surface area contributed by atoms with Crippen LogP contribution in [0.5, 0.6) is 0 Å². The van der Waals surface area contributed by atoms with Crippen molar-refractivity contribution in [3.63, 3.8) is 0 Å². The lowest BCUT2D eigenvalue weighted by molar-refractivity contribution is -0.137. The first-order valence-electron chi connectivity index (χ1n) is 9.13. The predicted molar refractivity (Wildman–Crippen MR) is 102 cm³/mol. The van der Waals surface area contributed by atoms with Crippen molar-refractivity contribution in [3.05, 3.63) is 65.0 Å². The normalized spacial score (nSPS) is 11.2. The number of alkyl halides is 3. The lowest BCUT2D eigenvalue weighted by Crippen LogP contribution is -2.40. The van der Waals surface area contributed by atoms with Crippen molar-refractivity contribution in [3.8, 4) is 6.07 Å². The summed E-state index contributed by atoms with van der Waals surface area (Å²) in [6.45, 7) is 2.61. The third-order valence-corrected chi connectivity index (χ3v) is 4.28. The van der Waals surface area contributed by atoms with Gasteiger partial charge in [0, 0.05) is 12.2 Å². The van der Waals surface area contributed by atoms with Crippen molar-refractivity contribution in [2.45, 2.75) is 25.9 Å². The van der Waals surface area contributed by atoms with E-state index in [0.717, 1.165) is 24.1 Å². The van der Waals surface area contributed by atoms with Crippen molar-refractivity contribution in [1.82, 2.24) is 5.32 Å². The molecule has 0 saturated heterocycles. The number of carbonyl (C=O) groups is 1. The number of nitriles is 1. The first kappa shape index (κ1) is 22.4. The summed E-state index contributed by atoms with van der Waals surface area (Å²) in [7, 11) is 0. The molecule has 2 rings (SSSR count). The Bertz CT molecular complexity index is 873. The van der Waals surface area contributed by atoms with Gasteiger partial charge in [0.15, 0.2) is 0 Å². The van der Waals surface area contributed by atoms with E-state index >= 15 is 0 Å². The maximum absolute atomic E-state index is 13.3. The van der Waals surface area contributed by atoms with Gasteiger partial charge in [0.25, 0.3) is 0 Å². The van der Waals surface area contributed by atoms with E-state index in [2.05, 4.69) is 5.32 Å². The Morgan fingerprint density at radius 3 is 2.45 bits per heavy atom. The van der Waals surface area contributed by atoms with Crippen LogP contribution in [-0.4, -0.2) is 25.5 Å². The maximum atomic E-state index is 13.3. The largest absolute Gasteiger partial charge is 0.417 e. The van der Waals surface area contributed by atoms with Gasteiger partial charge in [-0.25, -0.2) is 4.39 Å². The maximum Gasteiger partial charge on any atom is 0.417 e. The molecule has 4 nitrogen and oxygen atoms in total. The molecule has 0 spiro atoms. The minimum absolute atomic E-state index is 0.0292. The Balaban J connectivity index is 2.32. The zero-order valence-corrected chi connectivity index (χ0v) is 15.9. The summed E-state index contributed by atoms with van der Waals surface area (Å²) in [5.74, 6) is -0.786. The number of nitrogens with one attached hydrogen (secondary N) is 1. The van der Waals surface area contributed by atoms with Gasteiger partial charge >= 0.3 is 6.18 Å². The quantitative estimate of drug-likeness (QED) is 0.525. The van der Waals surface area contributed by atoms with Crippen LogP contribution in [0, 0.1) is 17.1 Å².